The lowest BCUT2D eigenvalue weighted by Gasteiger charge is -2.18. The average Bonchev–Trinajstić information content (AvgIpc) is 3.35. The van der Waals surface area contributed by atoms with Gasteiger partial charge in [0.15, 0.2) is 0 Å². The summed E-state index contributed by atoms with van der Waals surface area (Å²) in [6.07, 6.45) is 3.16. The number of hydrogen-bond donors (Lipinski definition) is 1. The van der Waals surface area contributed by atoms with Gasteiger partial charge in [0.05, 0.1) is 18.0 Å². The Morgan fingerprint density at radius 1 is 1.03 bits per heavy atom. The standard InChI is InChI=1S/C25H23F3N6O/c1-13(2)33-10-18(22-23(29)30-12-31-24(22)33)16-6-5-15(9-20(16)28)34-11-21(32(3)25(34)35)17-8-14(26)4-7-19(17)27/h4-10,12-13,21H,11H2,1-3H3,(H2,29,30,31). The van der Waals surface area contributed by atoms with Crippen LogP contribution in [0.3, 0.4) is 0 Å². The maximum atomic E-state index is 15.5. The highest BCUT2D eigenvalue weighted by molar-refractivity contribution is 6.01. The molecule has 1 aliphatic rings. The van der Waals surface area contributed by atoms with Gasteiger partial charge in [-0.2, -0.15) is 0 Å². The van der Waals surface area contributed by atoms with Crippen molar-refractivity contribution in [2.45, 2.75) is 25.9 Å². The molecule has 0 bridgehead atoms. The highest BCUT2D eigenvalue weighted by atomic mass is 19.1. The Balaban J connectivity index is 1.53. The summed E-state index contributed by atoms with van der Waals surface area (Å²) in [7, 11) is 1.51. The van der Waals surface area contributed by atoms with Gasteiger partial charge < -0.3 is 15.2 Å². The number of halogens is 3. The highest BCUT2D eigenvalue weighted by Crippen LogP contribution is 2.38. The van der Waals surface area contributed by atoms with Gasteiger partial charge in [-0.15, -0.1) is 0 Å². The monoisotopic (exact) mass is 480 g/mol. The predicted molar refractivity (Wildman–Crippen MR) is 127 cm³/mol. The third-order valence-electron chi connectivity index (χ3n) is 6.42. The van der Waals surface area contributed by atoms with Gasteiger partial charge >= 0.3 is 6.03 Å². The van der Waals surface area contributed by atoms with Crippen molar-refractivity contribution in [3.63, 3.8) is 0 Å². The molecule has 2 aromatic carbocycles. The predicted octanol–water partition coefficient (Wildman–Crippen LogP) is 5.29. The molecule has 7 nitrogen and oxygen atoms in total. The van der Waals surface area contributed by atoms with Gasteiger partial charge in [0.1, 0.15) is 35.2 Å². The van der Waals surface area contributed by atoms with Crippen molar-refractivity contribution in [1.29, 1.82) is 0 Å². The van der Waals surface area contributed by atoms with Crippen LogP contribution in [0, 0.1) is 17.5 Å². The van der Waals surface area contributed by atoms with Gasteiger partial charge in [0.2, 0.25) is 0 Å². The van der Waals surface area contributed by atoms with E-state index in [9.17, 15) is 13.6 Å². The Labute approximate surface area is 199 Å². The van der Waals surface area contributed by atoms with Crippen LogP contribution in [-0.4, -0.2) is 39.1 Å². The molecule has 10 heteroatoms. The topological polar surface area (TPSA) is 80.3 Å². The van der Waals surface area contributed by atoms with E-state index in [2.05, 4.69) is 9.97 Å². The quantitative estimate of drug-likeness (QED) is 0.430. The molecule has 1 fully saturated rings. The van der Waals surface area contributed by atoms with E-state index in [1.54, 1.807) is 18.3 Å². The van der Waals surface area contributed by atoms with Gasteiger partial charge in [-0.3, -0.25) is 4.90 Å². The number of benzene rings is 2. The lowest BCUT2D eigenvalue weighted by molar-refractivity contribution is 0.218. The smallest absolute Gasteiger partial charge is 0.324 e. The van der Waals surface area contributed by atoms with E-state index in [-0.39, 0.29) is 29.5 Å². The summed E-state index contributed by atoms with van der Waals surface area (Å²) in [6, 6.07) is 6.46. The minimum atomic E-state index is -0.720. The van der Waals surface area contributed by atoms with Crippen LogP contribution in [0.5, 0.6) is 0 Å². The normalized spacial score (nSPS) is 16.2. The summed E-state index contributed by atoms with van der Waals surface area (Å²) >= 11 is 0. The molecule has 1 atom stereocenters. The average molecular weight is 480 g/mol. The number of nitrogens with zero attached hydrogens (tertiary/aromatic N) is 5. The minimum Gasteiger partial charge on any atom is -0.383 e. The van der Waals surface area contributed by atoms with Crippen molar-refractivity contribution >= 4 is 28.6 Å². The number of hydrogen-bond acceptors (Lipinski definition) is 4. The second-order valence-electron chi connectivity index (χ2n) is 8.85. The second-order valence-corrected chi connectivity index (χ2v) is 8.85. The molecule has 1 unspecified atom stereocenters. The molecular weight excluding hydrogens is 457 g/mol. The maximum absolute atomic E-state index is 15.5. The van der Waals surface area contributed by atoms with Crippen molar-refractivity contribution in [3.8, 4) is 11.1 Å². The zero-order valence-electron chi connectivity index (χ0n) is 19.3. The number of nitrogen functional groups attached to an aromatic ring is 1. The molecule has 4 aromatic rings. The van der Waals surface area contributed by atoms with Crippen molar-refractivity contribution in [2.75, 3.05) is 24.2 Å². The van der Waals surface area contributed by atoms with Crippen LogP contribution in [0.4, 0.5) is 29.5 Å². The summed E-state index contributed by atoms with van der Waals surface area (Å²) in [4.78, 5) is 24.0. The van der Waals surface area contributed by atoms with E-state index in [4.69, 9.17) is 5.73 Å². The molecule has 3 heterocycles. The molecule has 0 saturated carbocycles. The maximum Gasteiger partial charge on any atom is 0.324 e. The fourth-order valence-electron chi connectivity index (χ4n) is 4.59. The number of rotatable bonds is 4. The molecule has 0 spiro atoms. The zero-order chi connectivity index (χ0) is 25.0. The summed E-state index contributed by atoms with van der Waals surface area (Å²) in [6.45, 7) is 4.00. The van der Waals surface area contributed by atoms with E-state index < -0.39 is 29.5 Å². The highest BCUT2D eigenvalue weighted by Gasteiger charge is 2.38. The summed E-state index contributed by atoms with van der Waals surface area (Å²) in [5, 5.41) is 0.548. The van der Waals surface area contributed by atoms with E-state index >= 15 is 4.39 Å². The number of nitrogens with two attached hydrogens (primary N) is 1. The van der Waals surface area contributed by atoms with Crippen molar-refractivity contribution < 1.29 is 18.0 Å². The van der Waals surface area contributed by atoms with Crippen LogP contribution in [0.1, 0.15) is 31.5 Å². The first-order chi connectivity index (χ1) is 16.7. The molecule has 5 rings (SSSR count). The van der Waals surface area contributed by atoms with Gasteiger partial charge in [0, 0.05) is 41.7 Å². The number of carbonyl (C=O) groups is 1. The number of urea groups is 1. The summed E-state index contributed by atoms with van der Waals surface area (Å²) < 4.78 is 45.5. The third kappa shape index (κ3) is 3.65. The third-order valence-corrected chi connectivity index (χ3v) is 6.42. The van der Waals surface area contributed by atoms with Crippen molar-refractivity contribution in [1.82, 2.24) is 19.4 Å². The fourth-order valence-corrected chi connectivity index (χ4v) is 4.59. The van der Waals surface area contributed by atoms with Crippen molar-refractivity contribution in [3.05, 3.63) is 71.9 Å². The van der Waals surface area contributed by atoms with Gasteiger partial charge in [0.25, 0.3) is 0 Å². The van der Waals surface area contributed by atoms with Crippen LogP contribution < -0.4 is 10.6 Å². The van der Waals surface area contributed by atoms with Gasteiger partial charge in [-0.25, -0.2) is 27.9 Å². The van der Waals surface area contributed by atoms with Crippen LogP contribution in [0.15, 0.2) is 48.9 Å². The first-order valence-electron chi connectivity index (χ1n) is 11.1. The van der Waals surface area contributed by atoms with Gasteiger partial charge in [-0.05, 0) is 50.2 Å². The molecule has 0 radical (unpaired) electrons. The van der Waals surface area contributed by atoms with Crippen LogP contribution >= 0.6 is 0 Å². The number of fused-ring (bicyclic) bond motifs is 1. The summed E-state index contributed by atoms with van der Waals surface area (Å²) in [5.41, 5.74) is 7.91. The Hall–Kier alpha value is -4.08. The molecule has 2 N–H and O–H groups in total. The molecule has 35 heavy (non-hydrogen) atoms. The largest absolute Gasteiger partial charge is 0.383 e. The number of aromatic nitrogens is 3. The van der Waals surface area contributed by atoms with E-state index in [1.165, 1.54) is 29.2 Å². The van der Waals surface area contributed by atoms with Crippen molar-refractivity contribution in [2.24, 2.45) is 0 Å². The SMILES string of the molecule is CC(C)n1cc(-c2ccc(N3CC(c4cc(F)ccc4F)N(C)C3=O)cc2F)c2c(N)ncnc21. The first kappa shape index (κ1) is 22.7. The zero-order valence-corrected chi connectivity index (χ0v) is 19.3. The Bertz CT molecular complexity index is 1470. The van der Waals surface area contributed by atoms with Gasteiger partial charge in [-0.1, -0.05) is 0 Å². The Morgan fingerprint density at radius 2 is 1.80 bits per heavy atom. The van der Waals surface area contributed by atoms with Crippen LogP contribution in [-0.2, 0) is 0 Å². The lowest BCUT2D eigenvalue weighted by atomic mass is 10.0. The molecule has 1 saturated heterocycles. The molecule has 1 aliphatic heterocycles. The summed E-state index contributed by atoms with van der Waals surface area (Å²) in [5.74, 6) is -1.53. The molecular formula is C25H23F3N6O. The number of amides is 2. The second kappa shape index (κ2) is 8.30. The van der Waals surface area contributed by atoms with E-state index in [0.29, 0.717) is 22.3 Å². The van der Waals surface area contributed by atoms with Crippen LogP contribution in [0.25, 0.3) is 22.2 Å². The minimum absolute atomic E-state index is 0.0436. The molecule has 0 aliphatic carbocycles. The molecule has 180 valence electrons. The Kier molecular flexibility index (Phi) is 5.38. The Morgan fingerprint density at radius 3 is 2.51 bits per heavy atom. The fraction of sp³-hybridized carbons (Fsp3) is 0.240. The number of anilines is 2. The number of likely N-dealkylation sites (N-methyl/N-ethyl adjacent to an activating group) is 1. The van der Waals surface area contributed by atoms with E-state index in [1.807, 2.05) is 18.4 Å². The molecule has 2 aromatic heterocycles. The van der Waals surface area contributed by atoms with E-state index in [0.717, 1.165) is 18.2 Å². The lowest BCUT2D eigenvalue weighted by Crippen LogP contribution is -2.29. The molecule has 2 amide bonds. The first-order valence-corrected chi connectivity index (χ1v) is 11.1. The number of carbonyl (C=O) groups excluding carboxylic acids is 1. The van der Waals surface area contributed by atoms with Crippen LogP contribution in [0.2, 0.25) is 0 Å².